The zero-order valence-electron chi connectivity index (χ0n) is 16.0. The molecule has 2 aromatic carbocycles. The van der Waals surface area contributed by atoms with Crippen molar-refractivity contribution in [3.05, 3.63) is 54.1 Å². The number of unbranched alkanes of at least 4 members (excludes halogenated alkanes) is 3. The zero-order valence-corrected chi connectivity index (χ0v) is 16.0. The highest BCUT2D eigenvalue weighted by molar-refractivity contribution is 5.47. The van der Waals surface area contributed by atoms with Gasteiger partial charge in [-0.1, -0.05) is 38.3 Å². The second-order valence-electron chi connectivity index (χ2n) is 6.27. The molecule has 0 amide bonds. The second-order valence-corrected chi connectivity index (χ2v) is 6.27. The van der Waals surface area contributed by atoms with Crippen molar-refractivity contribution in [3.8, 4) is 11.5 Å². The van der Waals surface area contributed by atoms with Gasteiger partial charge in [-0.05, 0) is 48.4 Å². The highest BCUT2D eigenvalue weighted by atomic mass is 16.5. The minimum atomic E-state index is 0.566. The van der Waals surface area contributed by atoms with Gasteiger partial charge in [0, 0.05) is 19.3 Å². The van der Waals surface area contributed by atoms with Gasteiger partial charge in [-0.25, -0.2) is 0 Å². The summed E-state index contributed by atoms with van der Waals surface area (Å²) in [4.78, 5) is 0. The first-order valence-electron chi connectivity index (χ1n) is 9.49. The fourth-order valence-corrected chi connectivity index (χ4v) is 2.54. The maximum atomic E-state index is 5.78. The topological polar surface area (TPSA) is 39.7 Å². The molecule has 0 saturated carbocycles. The van der Waals surface area contributed by atoms with E-state index in [2.05, 4.69) is 24.4 Å². The quantitative estimate of drug-likeness (QED) is 0.495. The highest BCUT2D eigenvalue weighted by Crippen LogP contribution is 2.18. The number of anilines is 1. The smallest absolute Gasteiger partial charge is 0.119 e. The third kappa shape index (κ3) is 7.79. The van der Waals surface area contributed by atoms with Crippen LogP contribution in [-0.2, 0) is 11.3 Å². The average molecular weight is 357 g/mol. The van der Waals surface area contributed by atoms with Crippen LogP contribution in [0.25, 0.3) is 0 Å². The van der Waals surface area contributed by atoms with Crippen LogP contribution in [0.5, 0.6) is 11.5 Å². The molecule has 0 fully saturated rings. The molecule has 26 heavy (non-hydrogen) atoms. The van der Waals surface area contributed by atoms with E-state index in [1.807, 2.05) is 36.4 Å². The Morgan fingerprint density at radius 1 is 0.731 bits per heavy atom. The molecule has 0 radical (unpaired) electrons. The lowest BCUT2D eigenvalue weighted by Gasteiger charge is -2.10. The number of hydrogen-bond donors (Lipinski definition) is 1. The lowest BCUT2D eigenvalue weighted by Crippen LogP contribution is -2.04. The average Bonchev–Trinajstić information content (AvgIpc) is 2.68. The number of methoxy groups -OCH3 is 1. The molecule has 2 aromatic rings. The third-order valence-electron chi connectivity index (χ3n) is 4.10. The van der Waals surface area contributed by atoms with Gasteiger partial charge in [-0.15, -0.1) is 0 Å². The predicted octanol–water partition coefficient (Wildman–Crippen LogP) is 5.28. The summed E-state index contributed by atoms with van der Waals surface area (Å²) in [7, 11) is 1.67. The van der Waals surface area contributed by atoms with Crippen LogP contribution in [0.1, 0.15) is 38.2 Å². The van der Waals surface area contributed by atoms with E-state index in [4.69, 9.17) is 14.2 Å². The molecule has 142 valence electrons. The Balaban J connectivity index is 1.70. The normalized spacial score (nSPS) is 10.5. The van der Waals surface area contributed by atoms with Crippen molar-refractivity contribution >= 4 is 5.69 Å². The fourth-order valence-electron chi connectivity index (χ4n) is 2.54. The van der Waals surface area contributed by atoms with Crippen molar-refractivity contribution < 1.29 is 14.2 Å². The van der Waals surface area contributed by atoms with Gasteiger partial charge in [0.25, 0.3) is 0 Å². The number of benzene rings is 2. The molecule has 0 bridgehead atoms. The van der Waals surface area contributed by atoms with Crippen molar-refractivity contribution in [1.82, 2.24) is 0 Å². The summed E-state index contributed by atoms with van der Waals surface area (Å²) in [5.41, 5.74) is 2.30. The lowest BCUT2D eigenvalue weighted by molar-refractivity contribution is 0.146. The van der Waals surface area contributed by atoms with E-state index in [1.54, 1.807) is 7.11 Å². The molecular weight excluding hydrogens is 326 g/mol. The minimum absolute atomic E-state index is 0.566. The lowest BCUT2D eigenvalue weighted by atomic mass is 10.2. The number of hydrogen-bond acceptors (Lipinski definition) is 4. The summed E-state index contributed by atoms with van der Waals surface area (Å²) < 4.78 is 16.3. The Morgan fingerprint density at radius 3 is 2.04 bits per heavy atom. The van der Waals surface area contributed by atoms with E-state index in [0.29, 0.717) is 13.2 Å². The predicted molar refractivity (Wildman–Crippen MR) is 107 cm³/mol. The molecule has 0 aliphatic heterocycles. The molecule has 0 atom stereocenters. The van der Waals surface area contributed by atoms with E-state index < -0.39 is 0 Å². The van der Waals surface area contributed by atoms with Gasteiger partial charge in [0.2, 0.25) is 0 Å². The van der Waals surface area contributed by atoms with Crippen molar-refractivity contribution in [3.63, 3.8) is 0 Å². The van der Waals surface area contributed by atoms with Crippen LogP contribution in [0.3, 0.4) is 0 Å². The summed E-state index contributed by atoms with van der Waals surface area (Å²) in [5.74, 6) is 1.80. The Morgan fingerprint density at radius 2 is 1.38 bits per heavy atom. The van der Waals surface area contributed by atoms with Crippen LogP contribution >= 0.6 is 0 Å². The molecule has 0 aliphatic rings. The van der Waals surface area contributed by atoms with E-state index >= 15 is 0 Å². The highest BCUT2D eigenvalue weighted by Gasteiger charge is 1.99. The van der Waals surface area contributed by atoms with Crippen molar-refractivity contribution in [2.75, 3.05) is 32.2 Å². The molecule has 0 aliphatic carbocycles. The molecule has 0 spiro atoms. The summed E-state index contributed by atoms with van der Waals surface area (Å²) in [6.45, 7) is 4.96. The van der Waals surface area contributed by atoms with Crippen molar-refractivity contribution in [2.24, 2.45) is 0 Å². The Kier molecular flexibility index (Phi) is 9.44. The minimum Gasteiger partial charge on any atom is -0.494 e. The summed E-state index contributed by atoms with van der Waals surface area (Å²) in [6.07, 6.45) is 4.91. The second kappa shape index (κ2) is 12.2. The Labute approximate surface area is 157 Å². The first kappa shape index (κ1) is 20.1. The van der Waals surface area contributed by atoms with Crippen LogP contribution in [0, 0.1) is 0 Å². The van der Waals surface area contributed by atoms with Gasteiger partial charge in [0.15, 0.2) is 0 Å². The van der Waals surface area contributed by atoms with Crippen molar-refractivity contribution in [2.45, 2.75) is 39.2 Å². The van der Waals surface area contributed by atoms with Crippen molar-refractivity contribution in [1.29, 1.82) is 0 Å². The third-order valence-corrected chi connectivity index (χ3v) is 4.10. The van der Waals surface area contributed by atoms with E-state index in [1.165, 1.54) is 24.8 Å². The van der Waals surface area contributed by atoms with Gasteiger partial charge in [0.05, 0.1) is 13.2 Å². The molecule has 0 saturated heterocycles. The maximum absolute atomic E-state index is 5.78. The van der Waals surface area contributed by atoms with Crippen LogP contribution < -0.4 is 14.8 Å². The van der Waals surface area contributed by atoms with E-state index in [-0.39, 0.29) is 0 Å². The maximum Gasteiger partial charge on any atom is 0.119 e. The van der Waals surface area contributed by atoms with Gasteiger partial charge in [0.1, 0.15) is 18.1 Å². The molecule has 4 heteroatoms. The van der Waals surface area contributed by atoms with Crippen LogP contribution in [0.2, 0.25) is 0 Å². The van der Waals surface area contributed by atoms with E-state index in [0.717, 1.165) is 36.8 Å². The van der Waals surface area contributed by atoms with Gasteiger partial charge in [-0.3, -0.25) is 0 Å². The molecule has 1 N–H and O–H groups in total. The molecule has 4 nitrogen and oxygen atoms in total. The van der Waals surface area contributed by atoms with Crippen LogP contribution in [-0.4, -0.2) is 26.9 Å². The van der Waals surface area contributed by atoms with Gasteiger partial charge >= 0.3 is 0 Å². The Hall–Kier alpha value is -2.20. The number of ether oxygens (including phenoxy) is 3. The zero-order chi connectivity index (χ0) is 18.5. The first-order chi connectivity index (χ1) is 12.8. The molecule has 0 heterocycles. The number of nitrogens with one attached hydrogen (secondary N) is 1. The molecular formula is C22H31NO3. The molecule has 0 aromatic heterocycles. The summed E-state index contributed by atoms with van der Waals surface area (Å²) in [6, 6.07) is 16.3. The summed E-state index contributed by atoms with van der Waals surface area (Å²) >= 11 is 0. The first-order valence-corrected chi connectivity index (χ1v) is 9.49. The Bertz CT molecular complexity index is 596. The fraction of sp³-hybridized carbons (Fsp3) is 0.455. The largest absolute Gasteiger partial charge is 0.494 e. The molecule has 0 unspecified atom stereocenters. The van der Waals surface area contributed by atoms with Crippen LogP contribution in [0.15, 0.2) is 48.5 Å². The molecule has 2 rings (SSSR count). The van der Waals surface area contributed by atoms with E-state index in [9.17, 15) is 0 Å². The SMILES string of the molecule is CCCCCCOc1ccc(CNc2ccc(OCCOC)cc2)cc1. The summed E-state index contributed by atoms with van der Waals surface area (Å²) in [5, 5.41) is 3.42. The standard InChI is InChI=1S/C22H31NO3/c1-3-4-5-6-15-25-21-11-7-19(8-12-21)18-23-20-9-13-22(14-10-20)26-17-16-24-2/h7-14,23H,3-6,15-18H2,1-2H3. The monoisotopic (exact) mass is 357 g/mol. The van der Waals surface area contributed by atoms with Gasteiger partial charge in [-0.2, -0.15) is 0 Å². The van der Waals surface area contributed by atoms with Gasteiger partial charge < -0.3 is 19.5 Å². The van der Waals surface area contributed by atoms with Crippen LogP contribution in [0.4, 0.5) is 5.69 Å². The number of rotatable bonds is 13.